The van der Waals surface area contributed by atoms with E-state index in [2.05, 4.69) is 4.57 Å². The van der Waals surface area contributed by atoms with E-state index in [9.17, 15) is 5.48 Å². The van der Waals surface area contributed by atoms with Gasteiger partial charge in [-0.2, -0.15) is 0 Å². The molecule has 2 heteroatoms. The minimum atomic E-state index is -0.705. The van der Waals surface area contributed by atoms with Gasteiger partial charge in [-0.05, 0) is 126 Å². The number of aryl methyl sites for hydroxylation is 1. The van der Waals surface area contributed by atoms with E-state index in [1.165, 1.54) is 18.2 Å². The van der Waals surface area contributed by atoms with Crippen LogP contribution in [0.3, 0.4) is 0 Å². The molecule has 55 heavy (non-hydrogen) atoms. The van der Waals surface area contributed by atoms with Crippen LogP contribution in [0.5, 0.6) is 0 Å². The average molecular weight is 721 g/mol. The predicted molar refractivity (Wildman–Crippen MR) is 233 cm³/mol. The lowest BCUT2D eigenvalue weighted by molar-refractivity contribution is 0.908. The molecule has 1 heterocycles. The summed E-state index contributed by atoms with van der Waals surface area (Å²) in [5.41, 5.74) is 3.09. The number of para-hydroxylation sites is 2. The van der Waals surface area contributed by atoms with Crippen LogP contribution in [0.25, 0.3) is 93.9 Å². The molecule has 0 fully saturated rings. The van der Waals surface area contributed by atoms with Crippen LogP contribution in [0.4, 0.5) is 0 Å². The summed E-state index contributed by atoms with van der Waals surface area (Å²) in [5, 5.41) is -0.704. The second-order valence-corrected chi connectivity index (χ2v) is 12.9. The molecule has 0 amide bonds. The lowest BCUT2D eigenvalue weighted by Crippen LogP contribution is -2.00. The highest BCUT2D eigenvalue weighted by atomic mass is 15.1. The molecule has 0 saturated carbocycles. The summed E-state index contributed by atoms with van der Waals surface area (Å²) in [6.07, 6.45) is 0.648. The van der Waals surface area contributed by atoms with Crippen molar-refractivity contribution in [2.45, 2.75) is 13.3 Å². The Morgan fingerprint density at radius 3 is 1.51 bits per heavy atom. The smallest absolute Gasteiger partial charge is 0.114 e. The Morgan fingerprint density at radius 2 is 0.909 bits per heavy atom. The van der Waals surface area contributed by atoms with Crippen LogP contribution in [0.1, 0.15) is 37.4 Å². The molecule has 9 aromatic carbocycles. The van der Waals surface area contributed by atoms with E-state index in [0.717, 1.165) is 28.1 Å². The van der Waals surface area contributed by atoms with Gasteiger partial charge in [0.2, 0.25) is 0 Å². The van der Waals surface area contributed by atoms with Gasteiger partial charge < -0.3 is 0 Å². The van der Waals surface area contributed by atoms with Gasteiger partial charge in [-0.15, -0.1) is 0 Å². The normalized spacial score (nSPS) is 16.0. The van der Waals surface area contributed by atoms with Crippen LogP contribution in [0.2, 0.25) is 0 Å². The summed E-state index contributed by atoms with van der Waals surface area (Å²) < 4.78 is 163. The molecule has 0 radical (unpaired) electrons. The van der Waals surface area contributed by atoms with Crippen LogP contribution >= 0.6 is 0 Å². The summed E-state index contributed by atoms with van der Waals surface area (Å²) in [7, 11) is 0. The Bertz CT molecular complexity index is 3840. The number of aromatic nitrogens is 2. The average Bonchev–Trinajstić information content (AvgIpc) is 3.79. The zero-order valence-corrected chi connectivity index (χ0v) is 29.3. The second kappa shape index (κ2) is 13.7. The van der Waals surface area contributed by atoms with Crippen LogP contribution < -0.4 is 0 Å². The summed E-state index contributed by atoms with van der Waals surface area (Å²) in [4.78, 5) is 4.85. The fourth-order valence-electron chi connectivity index (χ4n) is 7.33. The van der Waals surface area contributed by atoms with Gasteiger partial charge in [0.05, 0.1) is 35.7 Å². The van der Waals surface area contributed by atoms with Gasteiger partial charge in [-0.1, -0.05) is 158 Å². The van der Waals surface area contributed by atoms with Crippen molar-refractivity contribution in [1.29, 1.82) is 0 Å². The number of hydrogen-bond acceptors (Lipinski definition) is 1. The Morgan fingerprint density at radius 1 is 0.436 bits per heavy atom. The van der Waals surface area contributed by atoms with Crippen molar-refractivity contribution < 1.29 is 24.7 Å². The third kappa shape index (κ3) is 5.80. The second-order valence-electron chi connectivity index (χ2n) is 12.9. The fourth-order valence-corrected chi connectivity index (χ4v) is 7.33. The van der Waals surface area contributed by atoms with Crippen molar-refractivity contribution in [3.05, 3.63) is 206 Å². The number of benzene rings is 9. The minimum absolute atomic E-state index is 0.0484. The first-order valence-electron chi connectivity index (χ1n) is 26.6. The molecule has 0 N–H and O–H groups in total. The molecule has 0 unspecified atom stereocenters. The molecular weight excluding hydrogens is 665 g/mol. The summed E-state index contributed by atoms with van der Waals surface area (Å²) >= 11 is 0. The Balaban J connectivity index is 1.35. The topological polar surface area (TPSA) is 17.8 Å². The number of nitrogens with zero attached hydrogens (tertiary/aromatic N) is 2. The summed E-state index contributed by atoms with van der Waals surface area (Å²) in [5.74, 6) is 0.840. The SMILES string of the molecule is [2H]c1c([2H])c([2H])c(-c2cc(-c3c([2H])c([2H])c([2H])c([2H])c3[2H])cc(-c3c4c([2H])c([2H])c([2H])c([2H])c4c(-c4cccc(-c5cccc(-n6c(CC)nc7ccccc76)c5)c4)c4c([2H])c([2H])c([2H])c([2H])c34)c2)c([2H])c1[2H]. The lowest BCUT2D eigenvalue weighted by atomic mass is 9.84. The van der Waals surface area contributed by atoms with Crippen LogP contribution in [0, 0.1) is 0 Å². The van der Waals surface area contributed by atoms with Crippen molar-refractivity contribution in [3.63, 3.8) is 0 Å². The molecule has 0 saturated heterocycles. The van der Waals surface area contributed by atoms with Crippen molar-refractivity contribution >= 4 is 32.6 Å². The Kier molecular flexibility index (Phi) is 4.71. The minimum Gasteiger partial charge on any atom is -0.296 e. The quantitative estimate of drug-likeness (QED) is 0.150. The molecular formula is C53H38N2. The van der Waals surface area contributed by atoms with Crippen LogP contribution in [-0.2, 0) is 6.42 Å². The largest absolute Gasteiger partial charge is 0.296 e. The van der Waals surface area contributed by atoms with E-state index >= 15 is 0 Å². The van der Waals surface area contributed by atoms with Gasteiger partial charge in [0, 0.05) is 12.1 Å². The van der Waals surface area contributed by atoms with Gasteiger partial charge in [-0.3, -0.25) is 4.57 Å². The van der Waals surface area contributed by atoms with Crippen molar-refractivity contribution in [3.8, 4) is 61.3 Å². The van der Waals surface area contributed by atoms with E-state index in [1.807, 2.05) is 61.5 Å². The van der Waals surface area contributed by atoms with Gasteiger partial charge in [0.15, 0.2) is 0 Å². The van der Waals surface area contributed by atoms with E-state index in [-0.39, 0.29) is 60.5 Å². The maximum Gasteiger partial charge on any atom is 0.114 e. The van der Waals surface area contributed by atoms with E-state index in [1.54, 1.807) is 18.2 Å². The van der Waals surface area contributed by atoms with Crippen LogP contribution in [-0.4, -0.2) is 9.55 Å². The zero-order chi connectivity index (χ0) is 52.4. The maximum atomic E-state index is 9.61. The van der Waals surface area contributed by atoms with Crippen LogP contribution in [0.15, 0.2) is 200 Å². The Hall–Kier alpha value is -7.03. The molecule has 0 atom stereocenters. The molecule has 0 aliphatic carbocycles. The molecule has 0 aliphatic heterocycles. The third-order valence-electron chi connectivity index (χ3n) is 9.71. The molecule has 0 bridgehead atoms. The Labute approximate surface area is 346 Å². The maximum absolute atomic E-state index is 9.61. The first-order valence-corrected chi connectivity index (χ1v) is 17.6. The summed E-state index contributed by atoms with van der Waals surface area (Å²) in [6.45, 7) is 2.02. The third-order valence-corrected chi connectivity index (χ3v) is 9.71. The van der Waals surface area contributed by atoms with E-state index in [4.69, 9.17) is 24.2 Å². The van der Waals surface area contributed by atoms with Crippen molar-refractivity contribution in [2.24, 2.45) is 0 Å². The van der Waals surface area contributed by atoms with Gasteiger partial charge in [0.1, 0.15) is 5.82 Å². The van der Waals surface area contributed by atoms with Crippen molar-refractivity contribution in [2.75, 3.05) is 0 Å². The number of hydrogen-bond donors (Lipinski definition) is 0. The number of rotatable bonds is 7. The molecule has 0 spiro atoms. The number of imidazole rings is 1. The first-order chi connectivity index (χ1) is 34.7. The highest BCUT2D eigenvalue weighted by Crippen LogP contribution is 2.46. The van der Waals surface area contributed by atoms with Crippen molar-refractivity contribution in [1.82, 2.24) is 9.55 Å². The van der Waals surface area contributed by atoms with E-state index < -0.39 is 109 Å². The first kappa shape index (κ1) is 18.8. The molecule has 260 valence electrons. The van der Waals surface area contributed by atoms with Gasteiger partial charge in [-0.25, -0.2) is 4.98 Å². The van der Waals surface area contributed by atoms with Gasteiger partial charge >= 0.3 is 0 Å². The van der Waals surface area contributed by atoms with Gasteiger partial charge in [0.25, 0.3) is 0 Å². The fraction of sp³-hybridized carbons (Fsp3) is 0.0377. The van der Waals surface area contributed by atoms with E-state index in [0.29, 0.717) is 17.5 Å². The molecule has 10 rings (SSSR count). The molecule has 10 aromatic rings. The lowest BCUT2D eigenvalue weighted by Gasteiger charge is -2.19. The highest BCUT2D eigenvalue weighted by molar-refractivity contribution is 6.21. The highest BCUT2D eigenvalue weighted by Gasteiger charge is 2.19. The number of fused-ring (bicyclic) bond motifs is 3. The molecule has 2 nitrogen and oxygen atoms in total. The standard InChI is InChI=1S/C53H38N2/c1-2-51-54-49-29-13-14-30-50(49)55(51)44-24-16-22-39(35-44)38-21-15-23-40(31-38)52-45-25-9-11-27-47(45)53(48-28-12-10-26-46(48)52)43-33-41(36-17-5-3-6-18-36)32-42(34-43)37-19-7-4-8-20-37/h3-35H,2H2,1H3/i3D,4D,5D,6D,7D,8D,9D,10D,11D,12D,17D,18D,19D,20D,25D,26D,27D,28D. The zero-order valence-electron chi connectivity index (χ0n) is 47.3. The predicted octanol–water partition coefficient (Wildman–Crippen LogP) is 14.2. The summed E-state index contributed by atoms with van der Waals surface area (Å²) in [6, 6.07) is 14.7. The molecule has 1 aromatic heterocycles. The monoisotopic (exact) mass is 720 g/mol. The molecule has 0 aliphatic rings.